The predicted molar refractivity (Wildman–Crippen MR) is 124 cm³/mol. The van der Waals surface area contributed by atoms with Crippen LogP contribution < -0.4 is 0 Å². The molecule has 0 heterocycles. The van der Waals surface area contributed by atoms with Crippen molar-refractivity contribution >= 4 is 0 Å². The van der Waals surface area contributed by atoms with Gasteiger partial charge in [-0.2, -0.15) is 0 Å². The van der Waals surface area contributed by atoms with Crippen LogP contribution in [0.2, 0.25) is 0 Å². The smallest absolute Gasteiger partial charge is 0.0827 e. The van der Waals surface area contributed by atoms with Crippen molar-refractivity contribution in [2.75, 3.05) is 0 Å². The molecule has 0 spiro atoms. The largest absolute Gasteiger partial charge is 0.216 e. The van der Waals surface area contributed by atoms with Gasteiger partial charge in [-0.3, -0.25) is 0 Å². The highest BCUT2D eigenvalue weighted by Crippen LogP contribution is 2.43. The third-order valence-corrected chi connectivity index (χ3v) is 8.97. The highest BCUT2D eigenvalue weighted by molar-refractivity contribution is 5.49. The molecule has 1 aromatic rings. The molecule has 0 aromatic heterocycles. The Bertz CT molecular complexity index is 669. The molecule has 162 valence electrons. The van der Waals surface area contributed by atoms with E-state index in [0.29, 0.717) is 0 Å². The van der Waals surface area contributed by atoms with Crippen LogP contribution in [0.4, 0.5) is 4.39 Å². The molecule has 1 heteroatoms. The lowest BCUT2D eigenvalue weighted by Gasteiger charge is -2.38. The minimum atomic E-state index is 0.732. The minimum absolute atomic E-state index is 0.732. The minimum Gasteiger partial charge on any atom is -0.216 e. The molecular formula is C28H43F. The molecular weight excluding hydrogens is 355 g/mol. The monoisotopic (exact) mass is 398 g/mol. The second-order valence-electron chi connectivity index (χ2n) is 10.3. The fourth-order valence-electron chi connectivity index (χ4n) is 6.39. The molecule has 2 aliphatic carbocycles. The lowest BCUT2D eigenvalue weighted by atomic mass is 9.68. The molecule has 0 N–H and O–H groups in total. The van der Waals surface area contributed by atoms with Crippen LogP contribution in [0.1, 0.15) is 97.6 Å². The van der Waals surface area contributed by atoms with E-state index in [1.807, 2.05) is 0 Å². The topological polar surface area (TPSA) is 0 Å². The number of halogens is 1. The number of hydrogen-bond donors (Lipinski definition) is 0. The number of benzene rings is 1. The molecule has 2 saturated carbocycles. The zero-order chi connectivity index (χ0) is 21.0. The van der Waals surface area contributed by atoms with Crippen molar-refractivity contribution in [2.24, 2.45) is 23.7 Å². The van der Waals surface area contributed by atoms with Crippen molar-refractivity contribution in [2.45, 2.75) is 105 Å². The first-order chi connectivity index (χ1) is 13.9. The summed E-state index contributed by atoms with van der Waals surface area (Å²) >= 11 is 0. The van der Waals surface area contributed by atoms with Crippen molar-refractivity contribution in [3.05, 3.63) is 45.8 Å². The Balaban J connectivity index is 1.47. The van der Waals surface area contributed by atoms with E-state index in [0.717, 1.165) is 36.4 Å². The van der Waals surface area contributed by atoms with Crippen LogP contribution in [0.5, 0.6) is 0 Å². The van der Waals surface area contributed by atoms with Crippen LogP contribution in [-0.2, 0) is 6.42 Å². The van der Waals surface area contributed by atoms with E-state index in [4.69, 9.17) is 0 Å². The van der Waals surface area contributed by atoms with Crippen LogP contribution in [0.3, 0.4) is 0 Å². The highest BCUT2D eigenvalue weighted by atomic mass is 19.1. The van der Waals surface area contributed by atoms with E-state index in [-0.39, 0.29) is 0 Å². The van der Waals surface area contributed by atoms with Gasteiger partial charge in [0.05, 0.1) is 6.33 Å². The molecule has 2 fully saturated rings. The van der Waals surface area contributed by atoms with Gasteiger partial charge in [0.1, 0.15) is 0 Å². The summed E-state index contributed by atoms with van der Waals surface area (Å²) in [7, 11) is 0. The van der Waals surface area contributed by atoms with Crippen LogP contribution in [0.25, 0.3) is 0 Å². The van der Waals surface area contributed by atoms with Crippen LogP contribution in [0.15, 0.2) is 12.4 Å². The van der Waals surface area contributed by atoms with E-state index in [1.54, 1.807) is 22.8 Å². The van der Waals surface area contributed by atoms with Crippen molar-refractivity contribution in [3.63, 3.8) is 0 Å². The third-order valence-electron chi connectivity index (χ3n) is 8.97. The fraction of sp³-hybridized carbons (Fsp3) is 0.714. The number of hydrogen-bond acceptors (Lipinski definition) is 0. The quantitative estimate of drug-likeness (QED) is 0.450. The summed E-state index contributed by atoms with van der Waals surface area (Å²) in [6.07, 6.45) is 17.2. The maximum absolute atomic E-state index is 12.2. The van der Waals surface area contributed by atoms with Gasteiger partial charge in [0.2, 0.25) is 0 Å². The maximum Gasteiger partial charge on any atom is 0.0827 e. The lowest BCUT2D eigenvalue weighted by Crippen LogP contribution is -2.26. The molecule has 0 saturated heterocycles. The Hall–Kier alpha value is -1.11. The van der Waals surface area contributed by atoms with Gasteiger partial charge in [-0.1, -0.05) is 18.9 Å². The summed E-state index contributed by atoms with van der Waals surface area (Å²) in [4.78, 5) is 0. The average Bonchev–Trinajstić information content (AvgIpc) is 2.75. The standard InChI is InChI=1S/C28H43F/c1-19-20(2)22(4)28(23(5)21(19)3)17-12-25-10-15-27(16-11-25)26-13-8-24(9-14-26)7-6-18-29/h6,18,24-27H,7-17H2,1-5H3/b18-6+. The average molecular weight is 399 g/mol. The van der Waals surface area contributed by atoms with E-state index in [2.05, 4.69) is 34.6 Å². The second kappa shape index (κ2) is 10.3. The first kappa shape index (κ1) is 22.6. The Morgan fingerprint density at radius 3 is 1.59 bits per heavy atom. The summed E-state index contributed by atoms with van der Waals surface area (Å²) in [6.45, 7) is 11.5. The van der Waals surface area contributed by atoms with Gasteiger partial charge < -0.3 is 0 Å². The second-order valence-corrected chi connectivity index (χ2v) is 10.3. The van der Waals surface area contributed by atoms with E-state index in [1.165, 1.54) is 80.9 Å². The van der Waals surface area contributed by atoms with E-state index >= 15 is 0 Å². The zero-order valence-electron chi connectivity index (χ0n) is 19.6. The molecule has 0 atom stereocenters. The Kier molecular flexibility index (Phi) is 7.99. The van der Waals surface area contributed by atoms with Crippen molar-refractivity contribution in [1.82, 2.24) is 0 Å². The Morgan fingerprint density at radius 1 is 0.655 bits per heavy atom. The van der Waals surface area contributed by atoms with Gasteiger partial charge in [0, 0.05) is 0 Å². The molecule has 3 rings (SSSR count). The lowest BCUT2D eigenvalue weighted by molar-refractivity contribution is 0.144. The first-order valence-corrected chi connectivity index (χ1v) is 12.2. The number of rotatable bonds is 6. The van der Waals surface area contributed by atoms with Crippen molar-refractivity contribution < 1.29 is 4.39 Å². The zero-order valence-corrected chi connectivity index (χ0v) is 19.6. The molecule has 0 radical (unpaired) electrons. The van der Waals surface area contributed by atoms with Crippen LogP contribution in [-0.4, -0.2) is 0 Å². The first-order valence-electron chi connectivity index (χ1n) is 12.2. The van der Waals surface area contributed by atoms with Gasteiger partial charge in [-0.25, -0.2) is 4.39 Å². The van der Waals surface area contributed by atoms with Crippen LogP contribution >= 0.6 is 0 Å². The molecule has 0 bridgehead atoms. The fourth-order valence-corrected chi connectivity index (χ4v) is 6.39. The molecule has 0 aliphatic heterocycles. The molecule has 0 unspecified atom stereocenters. The predicted octanol–water partition coefficient (Wildman–Crippen LogP) is 8.65. The molecule has 0 amide bonds. The normalized spacial score (nSPS) is 28.2. The van der Waals surface area contributed by atoms with Crippen molar-refractivity contribution in [1.29, 1.82) is 0 Å². The van der Waals surface area contributed by atoms with Gasteiger partial charge in [0.15, 0.2) is 0 Å². The van der Waals surface area contributed by atoms with Gasteiger partial charge in [0.25, 0.3) is 0 Å². The summed E-state index contributed by atoms with van der Waals surface area (Å²) in [6, 6.07) is 0. The third kappa shape index (κ3) is 5.33. The number of allylic oxidation sites excluding steroid dienone is 1. The van der Waals surface area contributed by atoms with Gasteiger partial charge in [-0.05, 0) is 149 Å². The van der Waals surface area contributed by atoms with E-state index in [9.17, 15) is 4.39 Å². The van der Waals surface area contributed by atoms with Gasteiger partial charge >= 0.3 is 0 Å². The Labute approximate surface area is 179 Å². The SMILES string of the molecule is Cc1c(C)c(C)c(CCC2CCC(C3CCC(C/C=C/F)CC3)CC2)c(C)c1C. The summed E-state index contributed by atoms with van der Waals surface area (Å²) in [5.74, 6) is 3.59. The highest BCUT2D eigenvalue weighted by Gasteiger charge is 2.30. The summed E-state index contributed by atoms with van der Waals surface area (Å²) in [5.41, 5.74) is 9.21. The summed E-state index contributed by atoms with van der Waals surface area (Å²) < 4.78 is 12.2. The maximum atomic E-state index is 12.2. The Morgan fingerprint density at radius 2 is 1.10 bits per heavy atom. The summed E-state index contributed by atoms with van der Waals surface area (Å²) in [5, 5.41) is 0. The van der Waals surface area contributed by atoms with Gasteiger partial charge in [-0.15, -0.1) is 0 Å². The molecule has 2 aliphatic rings. The molecule has 0 nitrogen and oxygen atoms in total. The van der Waals surface area contributed by atoms with Crippen molar-refractivity contribution in [3.8, 4) is 0 Å². The van der Waals surface area contributed by atoms with E-state index < -0.39 is 0 Å². The molecule has 1 aromatic carbocycles. The van der Waals surface area contributed by atoms with Crippen LogP contribution in [0, 0.1) is 58.3 Å². The molecule has 29 heavy (non-hydrogen) atoms.